The summed E-state index contributed by atoms with van der Waals surface area (Å²) in [4.78, 5) is 13.7. The van der Waals surface area contributed by atoms with E-state index in [0.717, 1.165) is 19.4 Å². The summed E-state index contributed by atoms with van der Waals surface area (Å²) in [6.45, 7) is 5.11. The molecule has 1 saturated carbocycles. The van der Waals surface area contributed by atoms with E-state index in [1.807, 2.05) is 11.9 Å². The summed E-state index contributed by atoms with van der Waals surface area (Å²) < 4.78 is 0. The predicted octanol–water partition coefficient (Wildman–Crippen LogP) is 2.62. The van der Waals surface area contributed by atoms with Gasteiger partial charge in [-0.05, 0) is 25.2 Å². The lowest BCUT2D eigenvalue weighted by molar-refractivity contribution is 0.145. The Morgan fingerprint density at radius 1 is 1.40 bits per heavy atom. The molecule has 0 aromatic rings. The maximum absolute atomic E-state index is 11.8. The summed E-state index contributed by atoms with van der Waals surface area (Å²) in [6, 6.07) is 0.534. The fourth-order valence-corrected chi connectivity index (χ4v) is 2.38. The fraction of sp³-hybridized carbons (Fsp3) is 0.917. The van der Waals surface area contributed by atoms with Gasteiger partial charge in [0.25, 0.3) is 0 Å². The number of nitrogens with zero attached hydrogens (tertiary/aromatic N) is 1. The normalized spacial score (nSPS) is 26.1. The van der Waals surface area contributed by atoms with E-state index in [4.69, 9.17) is 0 Å². The van der Waals surface area contributed by atoms with Gasteiger partial charge in [-0.25, -0.2) is 4.79 Å². The second kappa shape index (κ2) is 5.99. The van der Waals surface area contributed by atoms with Gasteiger partial charge in [0.1, 0.15) is 0 Å². The average molecular weight is 212 g/mol. The second-order valence-corrected chi connectivity index (χ2v) is 4.67. The first-order valence-corrected chi connectivity index (χ1v) is 6.17. The van der Waals surface area contributed by atoms with Gasteiger partial charge in [0.15, 0.2) is 0 Å². The van der Waals surface area contributed by atoms with Crippen molar-refractivity contribution < 1.29 is 4.79 Å². The minimum Gasteiger partial charge on any atom is -0.338 e. The van der Waals surface area contributed by atoms with Crippen LogP contribution in [0.15, 0.2) is 0 Å². The van der Waals surface area contributed by atoms with Crippen LogP contribution in [0.1, 0.15) is 46.0 Å². The Balaban J connectivity index is 2.42. The minimum absolute atomic E-state index is 0.0931. The van der Waals surface area contributed by atoms with Crippen molar-refractivity contribution in [2.24, 2.45) is 5.92 Å². The molecule has 88 valence electrons. The molecule has 3 nitrogen and oxygen atoms in total. The van der Waals surface area contributed by atoms with Gasteiger partial charge in [0.05, 0.1) is 0 Å². The van der Waals surface area contributed by atoms with Gasteiger partial charge >= 0.3 is 6.03 Å². The van der Waals surface area contributed by atoms with Crippen molar-refractivity contribution in [3.05, 3.63) is 0 Å². The van der Waals surface area contributed by atoms with Crippen LogP contribution in [0.4, 0.5) is 4.79 Å². The second-order valence-electron chi connectivity index (χ2n) is 4.67. The minimum atomic E-state index is 0.0931. The molecule has 1 N–H and O–H groups in total. The number of hydrogen-bond acceptors (Lipinski definition) is 1. The zero-order valence-electron chi connectivity index (χ0n) is 10.3. The van der Waals surface area contributed by atoms with E-state index < -0.39 is 0 Å². The van der Waals surface area contributed by atoms with Crippen molar-refractivity contribution in [1.82, 2.24) is 10.2 Å². The van der Waals surface area contributed by atoms with Gasteiger partial charge in [-0.15, -0.1) is 0 Å². The lowest BCUT2D eigenvalue weighted by atomic mass is 9.85. The first-order chi connectivity index (χ1) is 7.16. The molecule has 0 aromatic carbocycles. The Bertz CT molecular complexity index is 206. The summed E-state index contributed by atoms with van der Waals surface area (Å²) in [5.41, 5.74) is 0. The van der Waals surface area contributed by atoms with Crippen molar-refractivity contribution >= 4 is 6.03 Å². The van der Waals surface area contributed by atoms with Gasteiger partial charge in [-0.3, -0.25) is 0 Å². The van der Waals surface area contributed by atoms with Crippen molar-refractivity contribution in [3.63, 3.8) is 0 Å². The van der Waals surface area contributed by atoms with E-state index in [1.165, 1.54) is 19.3 Å². The Morgan fingerprint density at radius 2 is 2.07 bits per heavy atom. The number of urea groups is 1. The Labute approximate surface area is 93.2 Å². The molecule has 1 aliphatic rings. The molecule has 0 aromatic heterocycles. The third-order valence-electron chi connectivity index (χ3n) is 3.41. The van der Waals surface area contributed by atoms with Crippen molar-refractivity contribution in [3.8, 4) is 0 Å². The maximum Gasteiger partial charge on any atom is 0.317 e. The van der Waals surface area contributed by atoms with Crippen LogP contribution in [-0.4, -0.2) is 30.6 Å². The highest BCUT2D eigenvalue weighted by atomic mass is 16.2. The van der Waals surface area contributed by atoms with Crippen molar-refractivity contribution in [1.29, 1.82) is 0 Å². The largest absolute Gasteiger partial charge is 0.338 e. The van der Waals surface area contributed by atoms with Crippen molar-refractivity contribution in [2.75, 3.05) is 13.6 Å². The zero-order chi connectivity index (χ0) is 11.3. The number of carbonyl (C=O) groups excluding carboxylic acids is 1. The standard InChI is InChI=1S/C12H24N2O/c1-4-9-13-12(15)14(3)11-8-6-5-7-10(11)2/h10-11H,4-9H2,1-3H3,(H,13,15). The maximum atomic E-state index is 11.8. The van der Waals surface area contributed by atoms with Gasteiger partial charge in [-0.2, -0.15) is 0 Å². The quantitative estimate of drug-likeness (QED) is 0.766. The lowest BCUT2D eigenvalue weighted by Gasteiger charge is -2.36. The molecule has 0 aliphatic heterocycles. The Morgan fingerprint density at radius 3 is 2.67 bits per heavy atom. The smallest absolute Gasteiger partial charge is 0.317 e. The molecular weight excluding hydrogens is 188 g/mol. The summed E-state index contributed by atoms with van der Waals surface area (Å²) in [6.07, 6.45) is 6.01. The molecule has 2 atom stereocenters. The molecule has 1 rings (SSSR count). The van der Waals surface area contributed by atoms with E-state index in [9.17, 15) is 4.79 Å². The van der Waals surface area contributed by atoms with E-state index in [2.05, 4.69) is 19.2 Å². The lowest BCUT2D eigenvalue weighted by Crippen LogP contribution is -2.47. The van der Waals surface area contributed by atoms with Crippen LogP contribution in [0.2, 0.25) is 0 Å². The Hall–Kier alpha value is -0.730. The molecule has 0 spiro atoms. The van der Waals surface area contributed by atoms with Crippen LogP contribution in [0, 0.1) is 5.92 Å². The van der Waals surface area contributed by atoms with Gasteiger partial charge < -0.3 is 10.2 Å². The third kappa shape index (κ3) is 3.40. The van der Waals surface area contributed by atoms with Crippen LogP contribution in [0.3, 0.4) is 0 Å². The number of rotatable bonds is 3. The van der Waals surface area contributed by atoms with Crippen LogP contribution in [0.5, 0.6) is 0 Å². The molecule has 2 amide bonds. The monoisotopic (exact) mass is 212 g/mol. The summed E-state index contributed by atoms with van der Waals surface area (Å²) >= 11 is 0. The van der Waals surface area contributed by atoms with Crippen LogP contribution in [0.25, 0.3) is 0 Å². The highest BCUT2D eigenvalue weighted by molar-refractivity contribution is 5.74. The summed E-state index contributed by atoms with van der Waals surface area (Å²) in [5, 5.41) is 2.94. The number of nitrogens with one attached hydrogen (secondary N) is 1. The van der Waals surface area contributed by atoms with Crippen LogP contribution >= 0.6 is 0 Å². The first-order valence-electron chi connectivity index (χ1n) is 6.17. The molecule has 3 heteroatoms. The fourth-order valence-electron chi connectivity index (χ4n) is 2.38. The Kier molecular flexibility index (Phi) is 4.92. The predicted molar refractivity (Wildman–Crippen MR) is 62.9 cm³/mol. The molecule has 2 unspecified atom stereocenters. The van der Waals surface area contributed by atoms with Crippen LogP contribution in [-0.2, 0) is 0 Å². The number of carbonyl (C=O) groups is 1. The van der Waals surface area contributed by atoms with Gasteiger partial charge in [0, 0.05) is 19.6 Å². The number of hydrogen-bond donors (Lipinski definition) is 1. The molecule has 0 saturated heterocycles. The van der Waals surface area contributed by atoms with Crippen LogP contribution < -0.4 is 5.32 Å². The summed E-state index contributed by atoms with van der Waals surface area (Å²) in [5.74, 6) is 0.649. The zero-order valence-corrected chi connectivity index (χ0v) is 10.3. The third-order valence-corrected chi connectivity index (χ3v) is 3.41. The highest BCUT2D eigenvalue weighted by Crippen LogP contribution is 2.27. The topological polar surface area (TPSA) is 32.3 Å². The molecule has 15 heavy (non-hydrogen) atoms. The van der Waals surface area contributed by atoms with Gasteiger partial charge in [-0.1, -0.05) is 26.7 Å². The molecule has 0 bridgehead atoms. The van der Waals surface area contributed by atoms with E-state index in [-0.39, 0.29) is 6.03 Å². The average Bonchev–Trinajstić information content (AvgIpc) is 2.25. The molecule has 0 heterocycles. The van der Waals surface area contributed by atoms with E-state index in [1.54, 1.807) is 0 Å². The molecule has 1 aliphatic carbocycles. The van der Waals surface area contributed by atoms with Crippen molar-refractivity contribution in [2.45, 2.75) is 52.0 Å². The molecule has 0 radical (unpaired) electrons. The van der Waals surface area contributed by atoms with E-state index in [0.29, 0.717) is 12.0 Å². The van der Waals surface area contributed by atoms with Gasteiger partial charge in [0.2, 0.25) is 0 Å². The molecular formula is C12H24N2O. The highest BCUT2D eigenvalue weighted by Gasteiger charge is 2.27. The van der Waals surface area contributed by atoms with E-state index >= 15 is 0 Å². The summed E-state index contributed by atoms with van der Waals surface area (Å²) in [7, 11) is 1.93. The molecule has 1 fully saturated rings. The first kappa shape index (κ1) is 12.3. The SMILES string of the molecule is CCCNC(=O)N(C)C1CCCCC1C. The number of amides is 2.